The van der Waals surface area contributed by atoms with Gasteiger partial charge in [0.2, 0.25) is 11.7 Å². The molecule has 2 atom stereocenters. The molecular formula is C21H20N6O3. The van der Waals surface area contributed by atoms with E-state index >= 15 is 0 Å². The van der Waals surface area contributed by atoms with Crippen LogP contribution < -0.4 is 10.2 Å². The van der Waals surface area contributed by atoms with Crippen LogP contribution in [0.4, 0.5) is 0 Å². The van der Waals surface area contributed by atoms with Crippen LogP contribution in [0, 0.1) is 0 Å². The highest BCUT2D eigenvalue weighted by atomic mass is 16.5. The van der Waals surface area contributed by atoms with E-state index in [1.54, 1.807) is 18.5 Å². The number of fused-ring (bicyclic) bond motifs is 1. The molecule has 0 spiro atoms. The molecule has 9 nitrogen and oxygen atoms in total. The maximum atomic E-state index is 13.0. The van der Waals surface area contributed by atoms with E-state index in [4.69, 9.17) is 9.26 Å². The second-order valence-corrected chi connectivity index (χ2v) is 7.12. The van der Waals surface area contributed by atoms with E-state index in [0.29, 0.717) is 18.1 Å². The Morgan fingerprint density at radius 2 is 1.97 bits per heavy atom. The van der Waals surface area contributed by atoms with Crippen molar-refractivity contribution in [3.63, 3.8) is 0 Å². The summed E-state index contributed by atoms with van der Waals surface area (Å²) < 4.78 is 10.5. The fourth-order valence-electron chi connectivity index (χ4n) is 3.66. The molecule has 152 valence electrons. The number of amides is 1. The predicted octanol–water partition coefficient (Wildman–Crippen LogP) is 2.35. The number of hydrogen-bond donors (Lipinski definition) is 1. The lowest BCUT2D eigenvalue weighted by atomic mass is 10.0. The van der Waals surface area contributed by atoms with Crippen LogP contribution >= 0.6 is 0 Å². The van der Waals surface area contributed by atoms with Gasteiger partial charge in [-0.3, -0.25) is 9.80 Å². The van der Waals surface area contributed by atoms with Gasteiger partial charge < -0.3 is 9.26 Å². The van der Waals surface area contributed by atoms with Crippen LogP contribution in [-0.4, -0.2) is 45.6 Å². The van der Waals surface area contributed by atoms with Crippen molar-refractivity contribution in [2.24, 2.45) is 5.10 Å². The van der Waals surface area contributed by atoms with E-state index in [2.05, 4.69) is 20.7 Å². The molecule has 1 amide bonds. The summed E-state index contributed by atoms with van der Waals surface area (Å²) in [5.74, 6) is 1.52. The predicted molar refractivity (Wildman–Crippen MR) is 108 cm³/mol. The summed E-state index contributed by atoms with van der Waals surface area (Å²) in [6.07, 6.45) is 2.26. The van der Waals surface area contributed by atoms with E-state index in [0.717, 1.165) is 16.9 Å². The van der Waals surface area contributed by atoms with Crippen molar-refractivity contribution in [3.05, 3.63) is 66.1 Å². The quantitative estimate of drug-likeness (QED) is 0.697. The number of rotatable bonds is 5. The maximum absolute atomic E-state index is 13.0. The van der Waals surface area contributed by atoms with Crippen molar-refractivity contribution < 1.29 is 14.1 Å². The first-order chi connectivity index (χ1) is 14.7. The highest BCUT2D eigenvalue weighted by Gasteiger charge is 2.41. The number of ether oxygens (including phenoxy) is 1. The van der Waals surface area contributed by atoms with Crippen LogP contribution in [0.2, 0.25) is 0 Å². The van der Waals surface area contributed by atoms with Gasteiger partial charge >= 0.3 is 0 Å². The minimum absolute atomic E-state index is 0.0179. The number of hydrazone groups is 1. The van der Waals surface area contributed by atoms with E-state index < -0.39 is 0 Å². The Kier molecular flexibility index (Phi) is 4.64. The van der Waals surface area contributed by atoms with Gasteiger partial charge in [-0.15, -0.1) is 0 Å². The van der Waals surface area contributed by atoms with Gasteiger partial charge in [0.25, 0.3) is 5.91 Å². The Hall–Kier alpha value is -3.72. The molecule has 0 aliphatic carbocycles. The SMILES string of the molecule is COc1ccc(C2CC3C(=O)N(Cc4nc(-c5ccccc5)no4)N=CN3N2)cc1. The molecule has 2 aromatic carbocycles. The molecular weight excluding hydrogens is 384 g/mol. The first-order valence-electron chi connectivity index (χ1n) is 9.63. The van der Waals surface area contributed by atoms with Crippen LogP contribution in [0.15, 0.2) is 64.2 Å². The summed E-state index contributed by atoms with van der Waals surface area (Å²) >= 11 is 0. The molecule has 30 heavy (non-hydrogen) atoms. The summed E-state index contributed by atoms with van der Waals surface area (Å²) in [5, 5.41) is 11.4. The smallest absolute Gasteiger partial charge is 0.267 e. The fourth-order valence-corrected chi connectivity index (χ4v) is 3.66. The summed E-state index contributed by atoms with van der Waals surface area (Å²) in [7, 11) is 1.64. The fraction of sp³-hybridized carbons (Fsp3) is 0.238. The molecule has 0 saturated carbocycles. The average Bonchev–Trinajstić information content (AvgIpc) is 3.44. The lowest BCUT2D eigenvalue weighted by Gasteiger charge is -2.29. The normalized spacial score (nSPS) is 20.5. The van der Waals surface area contributed by atoms with Gasteiger partial charge in [-0.1, -0.05) is 47.6 Å². The minimum atomic E-state index is -0.342. The molecule has 3 aromatic rings. The van der Waals surface area contributed by atoms with E-state index in [1.165, 1.54) is 5.01 Å². The lowest BCUT2D eigenvalue weighted by Crippen LogP contribution is -2.50. The Bertz CT molecular complexity index is 1070. The Balaban J connectivity index is 1.27. The third kappa shape index (κ3) is 3.39. The zero-order valence-corrected chi connectivity index (χ0v) is 16.3. The minimum Gasteiger partial charge on any atom is -0.497 e. The number of hydrazine groups is 1. The summed E-state index contributed by atoms with van der Waals surface area (Å²) in [4.78, 5) is 17.4. The second-order valence-electron chi connectivity index (χ2n) is 7.12. The zero-order chi connectivity index (χ0) is 20.5. The summed E-state index contributed by atoms with van der Waals surface area (Å²) in [5.41, 5.74) is 5.27. The summed E-state index contributed by atoms with van der Waals surface area (Å²) in [6, 6.07) is 17.0. The number of aromatic nitrogens is 2. The van der Waals surface area contributed by atoms with Gasteiger partial charge in [-0.25, -0.2) is 10.4 Å². The standard InChI is InChI=1S/C21H20N6O3/c1-29-16-9-7-14(8-10-16)17-11-18-21(28)26(22-13-27(18)24-17)12-19-23-20(25-30-19)15-5-3-2-4-6-15/h2-10,13,17-18,24H,11-12H2,1H3. The number of benzene rings is 2. The van der Waals surface area contributed by atoms with Crippen LogP contribution in [0.1, 0.15) is 23.9 Å². The third-order valence-corrected chi connectivity index (χ3v) is 5.26. The van der Waals surface area contributed by atoms with Crippen molar-refractivity contribution in [1.82, 2.24) is 25.6 Å². The largest absolute Gasteiger partial charge is 0.497 e. The molecule has 3 heterocycles. The van der Waals surface area contributed by atoms with Crippen molar-refractivity contribution in [2.75, 3.05) is 7.11 Å². The highest BCUT2D eigenvalue weighted by Crippen LogP contribution is 2.30. The Morgan fingerprint density at radius 1 is 1.17 bits per heavy atom. The first-order valence-corrected chi connectivity index (χ1v) is 9.63. The highest BCUT2D eigenvalue weighted by molar-refractivity contribution is 5.87. The topological polar surface area (TPSA) is 96.1 Å². The van der Waals surface area contributed by atoms with Crippen molar-refractivity contribution >= 4 is 12.2 Å². The third-order valence-electron chi connectivity index (χ3n) is 5.26. The molecule has 1 N–H and O–H groups in total. The average molecular weight is 404 g/mol. The number of nitrogens with one attached hydrogen (secondary N) is 1. The lowest BCUT2D eigenvalue weighted by molar-refractivity contribution is -0.137. The molecule has 1 aromatic heterocycles. The summed E-state index contributed by atoms with van der Waals surface area (Å²) in [6.45, 7) is 0.132. The molecule has 1 fully saturated rings. The van der Waals surface area contributed by atoms with Gasteiger partial charge in [-0.2, -0.15) is 10.1 Å². The van der Waals surface area contributed by atoms with E-state index in [-0.39, 0.29) is 24.5 Å². The number of carbonyl (C=O) groups excluding carboxylic acids is 1. The van der Waals surface area contributed by atoms with Crippen molar-refractivity contribution in [3.8, 4) is 17.1 Å². The first kappa shape index (κ1) is 18.3. The second kappa shape index (κ2) is 7.60. The van der Waals surface area contributed by atoms with Crippen molar-refractivity contribution in [2.45, 2.75) is 25.0 Å². The molecule has 5 rings (SSSR count). The van der Waals surface area contributed by atoms with Crippen LogP contribution in [-0.2, 0) is 11.3 Å². The number of nitrogens with zero attached hydrogens (tertiary/aromatic N) is 5. The van der Waals surface area contributed by atoms with Gasteiger partial charge in [0.05, 0.1) is 13.2 Å². The van der Waals surface area contributed by atoms with E-state index in [1.807, 2.05) is 54.6 Å². The van der Waals surface area contributed by atoms with Gasteiger partial charge in [-0.05, 0) is 24.1 Å². The molecule has 0 bridgehead atoms. The monoisotopic (exact) mass is 404 g/mol. The van der Waals surface area contributed by atoms with Gasteiger partial charge in [0.15, 0.2) is 0 Å². The zero-order valence-electron chi connectivity index (χ0n) is 16.3. The molecule has 2 aliphatic heterocycles. The number of hydrogen-bond acceptors (Lipinski definition) is 8. The van der Waals surface area contributed by atoms with Crippen LogP contribution in [0.5, 0.6) is 5.75 Å². The molecule has 2 unspecified atom stereocenters. The van der Waals surface area contributed by atoms with Crippen LogP contribution in [0.3, 0.4) is 0 Å². The number of carbonyl (C=O) groups is 1. The maximum Gasteiger partial charge on any atom is 0.267 e. The molecule has 1 saturated heterocycles. The van der Waals surface area contributed by atoms with Gasteiger partial charge in [0, 0.05) is 5.56 Å². The van der Waals surface area contributed by atoms with Crippen LogP contribution in [0.25, 0.3) is 11.4 Å². The molecule has 0 radical (unpaired) electrons. The molecule has 9 heteroatoms. The number of methoxy groups -OCH3 is 1. The Morgan fingerprint density at radius 3 is 2.73 bits per heavy atom. The van der Waals surface area contributed by atoms with Crippen molar-refractivity contribution in [1.29, 1.82) is 0 Å². The van der Waals surface area contributed by atoms with E-state index in [9.17, 15) is 4.79 Å². The molecule has 2 aliphatic rings. The van der Waals surface area contributed by atoms with Gasteiger partial charge in [0.1, 0.15) is 24.7 Å². The Labute approximate surface area is 172 Å².